The summed E-state index contributed by atoms with van der Waals surface area (Å²) < 4.78 is 34.3. The van der Waals surface area contributed by atoms with Crippen molar-refractivity contribution in [3.8, 4) is 0 Å². The van der Waals surface area contributed by atoms with Crippen LogP contribution < -0.4 is 0 Å². The van der Waals surface area contributed by atoms with E-state index in [2.05, 4.69) is 26.0 Å². The number of unbranched alkanes of at least 4 members (excludes halogenated alkanes) is 34. The number of ether oxygens (including phenoxy) is 2. The number of aliphatic hydroxyl groups is 5. The first-order valence-corrected chi connectivity index (χ1v) is 29.0. The highest BCUT2D eigenvalue weighted by Crippen LogP contribution is 2.47. The molecule has 6 N–H and O–H groups in total. The van der Waals surface area contributed by atoms with Gasteiger partial charge in [0.25, 0.3) is 0 Å². The molecule has 6 atom stereocenters. The number of hydrogen-bond acceptors (Lipinski definition) is 11. The average Bonchev–Trinajstić information content (AvgIpc) is 3.30. The van der Waals surface area contributed by atoms with Crippen LogP contribution in [-0.2, 0) is 27.9 Å². The number of esters is 1. The molecule has 0 saturated heterocycles. The van der Waals surface area contributed by atoms with Gasteiger partial charge in [0.2, 0.25) is 0 Å². The van der Waals surface area contributed by atoms with Gasteiger partial charge in [-0.2, -0.15) is 0 Å². The van der Waals surface area contributed by atoms with E-state index in [0.29, 0.717) is 13.0 Å². The number of carbonyl (C=O) groups is 1. The molecule has 12 nitrogen and oxygen atoms in total. The fourth-order valence-corrected chi connectivity index (χ4v) is 9.74. The van der Waals surface area contributed by atoms with E-state index < -0.39 is 63.1 Å². The van der Waals surface area contributed by atoms with Gasteiger partial charge in [0.1, 0.15) is 42.7 Å². The summed E-state index contributed by atoms with van der Waals surface area (Å²) in [7, 11) is -5.02. The Morgan fingerprint density at radius 1 is 0.470 bits per heavy atom. The quantitative estimate of drug-likeness (QED) is 0.0147. The van der Waals surface area contributed by atoms with Crippen LogP contribution in [0.3, 0.4) is 0 Å². The molecule has 0 aromatic heterocycles. The number of aliphatic hydroxyl groups excluding tert-OH is 5. The molecule has 13 heteroatoms. The number of carbonyl (C=O) groups excluding carboxylic acids is 1. The van der Waals surface area contributed by atoms with Crippen LogP contribution in [-0.4, -0.2) is 98.9 Å². The Balaban J connectivity index is 2.27. The summed E-state index contributed by atoms with van der Waals surface area (Å²) in [6, 6.07) is 0. The number of hydrogen-bond donors (Lipinski definition) is 6. The molecule has 66 heavy (non-hydrogen) atoms. The summed E-state index contributed by atoms with van der Waals surface area (Å²) in [4.78, 5) is 23.2. The van der Waals surface area contributed by atoms with E-state index in [1.54, 1.807) is 0 Å². The molecule has 1 saturated carbocycles. The highest BCUT2D eigenvalue weighted by molar-refractivity contribution is 7.47. The third kappa shape index (κ3) is 35.2. The van der Waals surface area contributed by atoms with Crippen molar-refractivity contribution in [2.75, 3.05) is 19.8 Å². The topological polar surface area (TPSA) is 192 Å². The zero-order valence-corrected chi connectivity index (χ0v) is 43.2. The van der Waals surface area contributed by atoms with Crippen molar-refractivity contribution >= 4 is 13.8 Å². The van der Waals surface area contributed by atoms with Crippen LogP contribution in [0.5, 0.6) is 0 Å². The van der Waals surface area contributed by atoms with Crippen molar-refractivity contribution in [1.82, 2.24) is 0 Å². The van der Waals surface area contributed by atoms with Gasteiger partial charge >= 0.3 is 13.8 Å². The Morgan fingerprint density at radius 2 is 0.803 bits per heavy atom. The summed E-state index contributed by atoms with van der Waals surface area (Å²) in [6.07, 6.45) is 38.6. The predicted molar refractivity (Wildman–Crippen MR) is 267 cm³/mol. The lowest BCUT2D eigenvalue weighted by atomic mass is 9.85. The third-order valence-corrected chi connectivity index (χ3v) is 14.1. The molecule has 0 bridgehead atoms. The number of phosphoric acid groups is 1. The van der Waals surface area contributed by atoms with E-state index in [0.717, 1.165) is 38.5 Å². The van der Waals surface area contributed by atoms with Gasteiger partial charge < -0.3 is 39.9 Å². The van der Waals surface area contributed by atoms with Crippen LogP contribution in [0.1, 0.15) is 258 Å². The summed E-state index contributed by atoms with van der Waals surface area (Å²) in [6.45, 7) is 4.31. The monoisotopic (exact) mass is 963 g/mol. The number of rotatable bonds is 48. The van der Waals surface area contributed by atoms with Crippen molar-refractivity contribution in [1.29, 1.82) is 0 Å². The Labute approximate surface area is 403 Å². The average molecular weight is 963 g/mol. The Hall–Kier alpha value is -0.920. The minimum atomic E-state index is -5.02. The highest BCUT2D eigenvalue weighted by atomic mass is 31.2. The van der Waals surface area contributed by atoms with Crippen molar-refractivity contribution in [2.24, 2.45) is 0 Å². The molecular weight excluding hydrogens is 860 g/mol. The molecule has 0 amide bonds. The minimum absolute atomic E-state index is 0.0705. The highest BCUT2D eigenvalue weighted by Gasteiger charge is 2.51. The van der Waals surface area contributed by atoms with E-state index in [4.69, 9.17) is 18.5 Å². The molecule has 1 fully saturated rings. The maximum Gasteiger partial charge on any atom is 0.472 e. The van der Waals surface area contributed by atoms with Gasteiger partial charge in [0.15, 0.2) is 0 Å². The molecule has 0 aliphatic heterocycles. The third-order valence-electron chi connectivity index (χ3n) is 13.1. The normalized spacial score (nSPS) is 21.4. The second kappa shape index (κ2) is 44.1. The van der Waals surface area contributed by atoms with E-state index in [-0.39, 0.29) is 13.0 Å². The first kappa shape index (κ1) is 63.1. The van der Waals surface area contributed by atoms with Gasteiger partial charge in [-0.25, -0.2) is 4.57 Å². The lowest BCUT2D eigenvalue weighted by Gasteiger charge is -2.41. The fraction of sp³-hybridized carbons (Fsp3) is 0.943. The van der Waals surface area contributed by atoms with Crippen molar-refractivity contribution in [2.45, 2.75) is 301 Å². The SMILES string of the molecule is CCCCCCCCCC/C=C\CCCCCCCCCCCCCCOCC(COP(=O)(O)OC1C(O)C(O)C(O)C(O)C1O)OC(=O)CCCCCCCCCCCCCCCCC. The number of allylic oxidation sites excluding steroid dienone is 2. The molecule has 0 heterocycles. The Bertz CT molecular complexity index is 1140. The second-order valence-corrected chi connectivity index (χ2v) is 20.8. The van der Waals surface area contributed by atoms with E-state index in [9.17, 15) is 39.8 Å². The molecule has 0 aromatic rings. The molecule has 392 valence electrons. The van der Waals surface area contributed by atoms with Crippen LogP contribution in [0, 0.1) is 0 Å². The van der Waals surface area contributed by atoms with E-state index in [1.807, 2.05) is 0 Å². The summed E-state index contributed by atoms with van der Waals surface area (Å²) >= 11 is 0. The molecule has 1 aliphatic rings. The van der Waals surface area contributed by atoms with Crippen LogP contribution in [0.25, 0.3) is 0 Å². The molecule has 1 rings (SSSR count). The molecule has 1 aliphatic carbocycles. The lowest BCUT2D eigenvalue weighted by molar-refractivity contribution is -0.220. The summed E-state index contributed by atoms with van der Waals surface area (Å²) in [5.74, 6) is -0.471. The number of phosphoric ester groups is 1. The van der Waals surface area contributed by atoms with Crippen molar-refractivity contribution in [3.63, 3.8) is 0 Å². The van der Waals surface area contributed by atoms with Gasteiger partial charge in [-0.15, -0.1) is 0 Å². The lowest BCUT2D eigenvalue weighted by Crippen LogP contribution is -2.64. The molecule has 0 spiro atoms. The first-order valence-electron chi connectivity index (χ1n) is 27.5. The standard InChI is InChI=1S/C53H103O12P/c1-3-5-7-9-11-13-15-17-19-20-21-22-23-24-25-26-27-29-31-33-35-37-39-41-43-62-44-46(45-63-66(60,61)65-53-51(58)49(56)48(55)50(57)52(53)59)64-47(54)42-40-38-36-34-32-30-28-18-16-14-12-10-8-6-4-2/h20-21,46,48-53,55-59H,3-19,22-45H2,1-2H3,(H,60,61)/b21-20-. The van der Waals surface area contributed by atoms with Crippen LogP contribution in [0.15, 0.2) is 12.2 Å². The second-order valence-electron chi connectivity index (χ2n) is 19.4. The molecular formula is C53H103O12P. The van der Waals surface area contributed by atoms with Gasteiger partial charge in [-0.05, 0) is 38.5 Å². The van der Waals surface area contributed by atoms with Crippen LogP contribution in [0.2, 0.25) is 0 Å². The molecule has 0 aromatic carbocycles. The maximum atomic E-state index is 12.9. The summed E-state index contributed by atoms with van der Waals surface area (Å²) in [5.41, 5.74) is 0. The van der Waals surface area contributed by atoms with E-state index >= 15 is 0 Å². The van der Waals surface area contributed by atoms with Gasteiger partial charge in [-0.1, -0.05) is 225 Å². The van der Waals surface area contributed by atoms with Gasteiger partial charge in [0.05, 0.1) is 13.2 Å². The molecule has 0 radical (unpaired) electrons. The Morgan fingerprint density at radius 3 is 1.20 bits per heavy atom. The van der Waals surface area contributed by atoms with Crippen LogP contribution in [0.4, 0.5) is 0 Å². The zero-order chi connectivity index (χ0) is 48.4. The first-order chi connectivity index (χ1) is 32.0. The van der Waals surface area contributed by atoms with E-state index in [1.165, 1.54) is 193 Å². The van der Waals surface area contributed by atoms with Gasteiger partial charge in [-0.3, -0.25) is 13.8 Å². The zero-order valence-electron chi connectivity index (χ0n) is 42.3. The summed E-state index contributed by atoms with van der Waals surface area (Å²) in [5, 5.41) is 50.3. The largest absolute Gasteiger partial charge is 0.472 e. The molecule has 6 unspecified atom stereocenters. The smallest absolute Gasteiger partial charge is 0.457 e. The predicted octanol–water partition coefficient (Wildman–Crippen LogP) is 12.7. The Kier molecular flexibility index (Phi) is 42.1. The fourth-order valence-electron chi connectivity index (χ4n) is 8.77. The van der Waals surface area contributed by atoms with Crippen LogP contribution >= 0.6 is 7.82 Å². The van der Waals surface area contributed by atoms with Crippen molar-refractivity contribution < 1.29 is 58.3 Å². The minimum Gasteiger partial charge on any atom is -0.457 e. The van der Waals surface area contributed by atoms with Gasteiger partial charge in [0, 0.05) is 13.0 Å². The maximum absolute atomic E-state index is 12.9. The van der Waals surface area contributed by atoms with Crippen molar-refractivity contribution in [3.05, 3.63) is 12.2 Å².